The van der Waals surface area contributed by atoms with Crippen molar-refractivity contribution >= 4 is 39.2 Å². The van der Waals surface area contributed by atoms with Crippen molar-refractivity contribution < 1.29 is 14.3 Å². The monoisotopic (exact) mass is 375 g/mol. The van der Waals surface area contributed by atoms with Crippen LogP contribution in [0.4, 0.5) is 0 Å². The van der Waals surface area contributed by atoms with Gasteiger partial charge in [0.05, 0.1) is 6.61 Å². The summed E-state index contributed by atoms with van der Waals surface area (Å²) in [5.41, 5.74) is 5.07. The van der Waals surface area contributed by atoms with Gasteiger partial charge in [0.2, 0.25) is 0 Å². The smallest absolute Gasteiger partial charge is 0.279 e. The van der Waals surface area contributed by atoms with Crippen molar-refractivity contribution in [3.8, 4) is 5.75 Å². The summed E-state index contributed by atoms with van der Waals surface area (Å²) >= 11 is 8.32. The minimum absolute atomic E-state index is 0.315. The first-order valence-corrected chi connectivity index (χ1v) is 7.48. The number of amides is 1. The van der Waals surface area contributed by atoms with E-state index in [2.05, 4.69) is 32.1 Å². The summed E-state index contributed by atoms with van der Waals surface area (Å²) in [5, 5.41) is 3.18. The fourth-order valence-corrected chi connectivity index (χ4v) is 1.86. The zero-order chi connectivity index (χ0) is 15.7. The molecule has 1 rings (SSSR count). The number of thiocarbonyl (C=S) groups is 1. The van der Waals surface area contributed by atoms with Crippen LogP contribution in [0.25, 0.3) is 0 Å². The third kappa shape index (κ3) is 7.26. The van der Waals surface area contributed by atoms with Gasteiger partial charge in [-0.15, -0.1) is 0 Å². The number of rotatable bonds is 6. The van der Waals surface area contributed by atoms with Crippen LogP contribution in [0.5, 0.6) is 5.75 Å². The van der Waals surface area contributed by atoms with E-state index in [9.17, 15) is 4.79 Å². The minimum atomic E-state index is -0.659. The van der Waals surface area contributed by atoms with Crippen molar-refractivity contribution in [1.29, 1.82) is 0 Å². The summed E-state index contributed by atoms with van der Waals surface area (Å²) in [5.74, 6) is 0.277. The summed E-state index contributed by atoms with van der Waals surface area (Å²) < 4.78 is 11.3. The lowest BCUT2D eigenvalue weighted by Gasteiger charge is -2.16. The van der Waals surface area contributed by atoms with Crippen LogP contribution in [-0.2, 0) is 9.53 Å². The van der Waals surface area contributed by atoms with Crippen molar-refractivity contribution in [2.24, 2.45) is 0 Å². The molecule has 0 aliphatic rings. The molecule has 3 N–H and O–H groups in total. The van der Waals surface area contributed by atoms with Crippen LogP contribution in [0.2, 0.25) is 0 Å². The van der Waals surface area contributed by atoms with Gasteiger partial charge in [0.1, 0.15) is 5.75 Å². The molecule has 1 amide bonds. The highest BCUT2D eigenvalue weighted by Crippen LogP contribution is 2.18. The van der Waals surface area contributed by atoms with E-state index in [-0.39, 0.29) is 5.91 Å². The number of ether oxygens (including phenoxy) is 2. The summed E-state index contributed by atoms with van der Waals surface area (Å²) in [6, 6.07) is 7.27. The molecule has 6 nitrogen and oxygen atoms in total. The molecule has 0 saturated heterocycles. The molecule has 0 aliphatic carbocycles. The van der Waals surface area contributed by atoms with E-state index in [1.165, 1.54) is 0 Å². The predicted molar refractivity (Wildman–Crippen MR) is 88.0 cm³/mol. The fraction of sp³-hybridized carbons (Fsp3) is 0.385. The number of hydrogen-bond acceptors (Lipinski definition) is 4. The number of nitrogens with one attached hydrogen (secondary N) is 3. The van der Waals surface area contributed by atoms with Gasteiger partial charge in [-0.3, -0.25) is 15.6 Å². The summed E-state index contributed by atoms with van der Waals surface area (Å²) in [6.07, 6.45) is -0.659. The van der Waals surface area contributed by atoms with E-state index in [1.807, 2.05) is 12.1 Å². The molecule has 0 radical (unpaired) electrons. The van der Waals surface area contributed by atoms with Crippen LogP contribution in [-0.4, -0.2) is 37.4 Å². The van der Waals surface area contributed by atoms with Crippen LogP contribution in [0.15, 0.2) is 28.7 Å². The first kappa shape index (κ1) is 17.7. The Morgan fingerprint density at radius 1 is 1.43 bits per heavy atom. The van der Waals surface area contributed by atoms with E-state index >= 15 is 0 Å². The second-order valence-electron chi connectivity index (χ2n) is 4.08. The fourth-order valence-electron chi connectivity index (χ4n) is 1.33. The first-order valence-electron chi connectivity index (χ1n) is 6.27. The Balaban J connectivity index is 2.32. The quantitative estimate of drug-likeness (QED) is 0.396. The number of carbonyl (C=O) groups excluding carboxylic acids is 1. The zero-order valence-corrected chi connectivity index (χ0v) is 14.2. The molecule has 1 aromatic carbocycles. The van der Waals surface area contributed by atoms with Gasteiger partial charge < -0.3 is 14.8 Å². The normalized spacial score (nSPS) is 11.4. The lowest BCUT2D eigenvalue weighted by molar-refractivity contribution is -0.127. The Labute approximate surface area is 137 Å². The van der Waals surface area contributed by atoms with E-state index < -0.39 is 6.10 Å². The van der Waals surface area contributed by atoms with E-state index in [0.717, 1.165) is 4.47 Å². The Bertz CT molecular complexity index is 487. The topological polar surface area (TPSA) is 71.6 Å². The van der Waals surface area contributed by atoms with Crippen molar-refractivity contribution in [3.05, 3.63) is 28.7 Å². The highest BCUT2D eigenvalue weighted by molar-refractivity contribution is 9.10. The molecule has 0 saturated carbocycles. The zero-order valence-electron chi connectivity index (χ0n) is 11.8. The highest BCUT2D eigenvalue weighted by atomic mass is 79.9. The molecule has 1 atom stereocenters. The highest BCUT2D eigenvalue weighted by Gasteiger charge is 2.14. The van der Waals surface area contributed by atoms with Crippen LogP contribution in [0.3, 0.4) is 0 Å². The Morgan fingerprint density at radius 3 is 2.86 bits per heavy atom. The van der Waals surface area contributed by atoms with E-state index in [4.69, 9.17) is 21.7 Å². The molecule has 0 aromatic heterocycles. The van der Waals surface area contributed by atoms with Gasteiger partial charge in [-0.25, -0.2) is 0 Å². The van der Waals surface area contributed by atoms with Crippen molar-refractivity contribution in [3.63, 3.8) is 0 Å². The van der Waals surface area contributed by atoms with Crippen molar-refractivity contribution in [2.75, 3.05) is 20.3 Å². The van der Waals surface area contributed by atoms with E-state index in [1.54, 1.807) is 26.2 Å². The lowest BCUT2D eigenvalue weighted by Crippen LogP contribution is -2.50. The molecule has 0 fully saturated rings. The molecule has 0 heterocycles. The number of benzene rings is 1. The van der Waals surface area contributed by atoms with Gasteiger partial charge in [0.15, 0.2) is 11.2 Å². The molecular weight excluding hydrogens is 358 g/mol. The second-order valence-corrected chi connectivity index (χ2v) is 5.40. The van der Waals surface area contributed by atoms with Gasteiger partial charge in [0.25, 0.3) is 5.91 Å². The Hall–Kier alpha value is -1.38. The molecule has 116 valence electrons. The lowest BCUT2D eigenvalue weighted by atomic mass is 10.3. The minimum Gasteiger partial charge on any atom is -0.481 e. The maximum Gasteiger partial charge on any atom is 0.279 e. The van der Waals surface area contributed by atoms with Crippen LogP contribution >= 0.6 is 28.1 Å². The van der Waals surface area contributed by atoms with Gasteiger partial charge in [-0.2, -0.15) is 0 Å². The number of carbonyl (C=O) groups is 1. The van der Waals surface area contributed by atoms with Gasteiger partial charge >= 0.3 is 0 Å². The average Bonchev–Trinajstić information content (AvgIpc) is 2.45. The maximum atomic E-state index is 11.8. The van der Waals surface area contributed by atoms with Crippen LogP contribution < -0.4 is 20.9 Å². The summed E-state index contributed by atoms with van der Waals surface area (Å²) in [4.78, 5) is 11.8. The molecule has 8 heteroatoms. The number of methoxy groups -OCH3 is 1. The Morgan fingerprint density at radius 2 is 2.19 bits per heavy atom. The predicted octanol–water partition coefficient (Wildman–Crippen LogP) is 1.36. The van der Waals surface area contributed by atoms with Gasteiger partial charge in [0, 0.05) is 18.1 Å². The van der Waals surface area contributed by atoms with Crippen molar-refractivity contribution in [1.82, 2.24) is 16.2 Å². The molecule has 0 spiro atoms. The second kappa shape index (κ2) is 9.54. The SMILES string of the molecule is COCCNC(=S)NNC(=O)[C@H](C)Oc1cccc(Br)c1. The third-order valence-electron chi connectivity index (χ3n) is 2.37. The summed E-state index contributed by atoms with van der Waals surface area (Å²) in [6.45, 7) is 2.74. The Kier molecular flexibility index (Phi) is 8.03. The number of halogens is 1. The summed E-state index contributed by atoms with van der Waals surface area (Å²) in [7, 11) is 1.60. The molecule has 0 unspecified atom stereocenters. The molecular formula is C13H18BrN3O3S. The molecule has 0 aliphatic heterocycles. The molecule has 21 heavy (non-hydrogen) atoms. The first-order chi connectivity index (χ1) is 10.0. The molecule has 0 bridgehead atoms. The number of hydrogen-bond donors (Lipinski definition) is 3. The van der Waals surface area contributed by atoms with Gasteiger partial charge in [-0.1, -0.05) is 22.0 Å². The van der Waals surface area contributed by atoms with E-state index in [0.29, 0.717) is 24.0 Å². The van der Waals surface area contributed by atoms with Gasteiger partial charge in [-0.05, 0) is 37.3 Å². The third-order valence-corrected chi connectivity index (χ3v) is 3.11. The van der Waals surface area contributed by atoms with Crippen molar-refractivity contribution in [2.45, 2.75) is 13.0 Å². The van der Waals surface area contributed by atoms with Crippen LogP contribution in [0.1, 0.15) is 6.92 Å². The number of hydrazine groups is 1. The maximum absolute atomic E-state index is 11.8. The largest absolute Gasteiger partial charge is 0.481 e. The standard InChI is InChI=1S/C13H18BrN3O3S/c1-9(20-11-5-3-4-10(14)8-11)12(18)16-17-13(21)15-6-7-19-2/h3-5,8-9H,6-7H2,1-2H3,(H,16,18)(H2,15,17,21)/t9-/m0/s1. The van der Waals surface area contributed by atoms with Crippen LogP contribution in [0, 0.1) is 0 Å². The average molecular weight is 376 g/mol. The molecule has 1 aromatic rings.